The van der Waals surface area contributed by atoms with Gasteiger partial charge in [-0.1, -0.05) is 11.6 Å². The predicted molar refractivity (Wildman–Crippen MR) is 42.4 cm³/mol. The van der Waals surface area contributed by atoms with Crippen molar-refractivity contribution in [1.82, 2.24) is 4.37 Å². The third kappa shape index (κ3) is 1.48. The van der Waals surface area contributed by atoms with Crippen molar-refractivity contribution in [2.45, 2.75) is 19.4 Å². The quantitative estimate of drug-likeness (QED) is 0.712. The molecule has 4 heteroatoms. The summed E-state index contributed by atoms with van der Waals surface area (Å²) in [5.41, 5.74) is -0.863. The summed E-state index contributed by atoms with van der Waals surface area (Å²) in [6.07, 6.45) is 1.54. The summed E-state index contributed by atoms with van der Waals surface area (Å²) < 4.78 is 3.84. The second-order valence-electron chi connectivity index (χ2n) is 2.56. The largest absolute Gasteiger partial charge is 0.385 e. The van der Waals surface area contributed by atoms with Crippen LogP contribution in [0.3, 0.4) is 0 Å². The predicted octanol–water partition coefficient (Wildman–Crippen LogP) is 2.02. The molecule has 0 radical (unpaired) electrons. The molecule has 0 aliphatic heterocycles. The van der Waals surface area contributed by atoms with Crippen LogP contribution < -0.4 is 0 Å². The number of nitrogens with zero attached hydrogens (tertiary/aromatic N) is 1. The van der Waals surface area contributed by atoms with Gasteiger partial charge >= 0.3 is 0 Å². The highest BCUT2D eigenvalue weighted by Gasteiger charge is 2.21. The fraction of sp³-hybridized carbons (Fsp3) is 0.500. The summed E-state index contributed by atoms with van der Waals surface area (Å²) in [5.74, 6) is 0. The fourth-order valence-corrected chi connectivity index (χ4v) is 1.70. The van der Waals surface area contributed by atoms with E-state index in [4.69, 9.17) is 11.6 Å². The Morgan fingerprint density at radius 3 is 2.50 bits per heavy atom. The van der Waals surface area contributed by atoms with Gasteiger partial charge in [-0.05, 0) is 25.4 Å². The van der Waals surface area contributed by atoms with Gasteiger partial charge in [0.15, 0.2) is 0 Å². The van der Waals surface area contributed by atoms with Crippen LogP contribution in [0.25, 0.3) is 0 Å². The molecule has 2 nitrogen and oxygen atoms in total. The highest BCUT2D eigenvalue weighted by molar-refractivity contribution is 7.06. The van der Waals surface area contributed by atoms with Crippen LogP contribution in [0, 0.1) is 0 Å². The third-order valence-electron chi connectivity index (χ3n) is 1.08. The van der Waals surface area contributed by atoms with Gasteiger partial charge in [0.1, 0.15) is 0 Å². The topological polar surface area (TPSA) is 33.1 Å². The van der Waals surface area contributed by atoms with Crippen molar-refractivity contribution >= 4 is 23.1 Å². The van der Waals surface area contributed by atoms with E-state index < -0.39 is 5.60 Å². The lowest BCUT2D eigenvalue weighted by atomic mass is 10.1. The van der Waals surface area contributed by atoms with Gasteiger partial charge in [-0.2, -0.15) is 4.37 Å². The van der Waals surface area contributed by atoms with Crippen molar-refractivity contribution in [3.05, 3.63) is 16.1 Å². The summed E-state index contributed by atoms with van der Waals surface area (Å²) in [6, 6.07) is 0. The molecule has 1 aromatic heterocycles. The molecule has 0 fully saturated rings. The molecule has 0 aromatic carbocycles. The maximum atomic E-state index is 9.44. The molecular formula is C6H8ClNOS. The Morgan fingerprint density at radius 1 is 1.70 bits per heavy atom. The molecule has 56 valence electrons. The molecule has 1 N–H and O–H groups in total. The molecular weight excluding hydrogens is 170 g/mol. The lowest BCUT2D eigenvalue weighted by Crippen LogP contribution is -2.13. The van der Waals surface area contributed by atoms with E-state index in [-0.39, 0.29) is 0 Å². The maximum Gasteiger partial charge on any atom is 0.0962 e. The minimum Gasteiger partial charge on any atom is -0.385 e. The molecule has 0 saturated carbocycles. The number of aromatic nitrogens is 1. The fourth-order valence-electron chi connectivity index (χ4n) is 0.631. The molecule has 0 amide bonds. The zero-order chi connectivity index (χ0) is 7.78. The maximum absolute atomic E-state index is 9.44. The van der Waals surface area contributed by atoms with Crippen LogP contribution in [0.1, 0.15) is 18.7 Å². The van der Waals surface area contributed by atoms with Gasteiger partial charge in [-0.25, -0.2) is 0 Å². The van der Waals surface area contributed by atoms with Crippen molar-refractivity contribution in [3.8, 4) is 0 Å². The Labute approximate surface area is 68.6 Å². The van der Waals surface area contributed by atoms with Crippen molar-refractivity contribution in [3.63, 3.8) is 0 Å². The molecule has 0 saturated heterocycles. The molecule has 10 heavy (non-hydrogen) atoms. The van der Waals surface area contributed by atoms with Crippen molar-refractivity contribution in [2.24, 2.45) is 0 Å². The lowest BCUT2D eigenvalue weighted by Gasteiger charge is -2.13. The van der Waals surface area contributed by atoms with E-state index in [9.17, 15) is 5.11 Å². The summed E-state index contributed by atoms with van der Waals surface area (Å²) in [5, 5.41) is 9.98. The highest BCUT2D eigenvalue weighted by Crippen LogP contribution is 2.30. The molecule has 0 atom stereocenters. The minimum absolute atomic E-state index is 0.539. The Hall–Kier alpha value is -0.120. The van der Waals surface area contributed by atoms with Gasteiger partial charge in [-0.15, -0.1) is 0 Å². The van der Waals surface area contributed by atoms with E-state index in [1.807, 2.05) is 0 Å². The second-order valence-corrected chi connectivity index (χ2v) is 3.77. The molecule has 0 unspecified atom stereocenters. The first-order chi connectivity index (χ1) is 4.52. The monoisotopic (exact) mass is 177 g/mol. The van der Waals surface area contributed by atoms with Crippen LogP contribution in [0.5, 0.6) is 0 Å². The lowest BCUT2D eigenvalue weighted by molar-refractivity contribution is 0.0826. The smallest absolute Gasteiger partial charge is 0.0962 e. The van der Waals surface area contributed by atoms with E-state index >= 15 is 0 Å². The first-order valence-corrected chi connectivity index (χ1v) is 4.00. The Balaban J connectivity index is 3.05. The van der Waals surface area contributed by atoms with E-state index in [1.165, 1.54) is 11.5 Å². The van der Waals surface area contributed by atoms with Crippen molar-refractivity contribution in [1.29, 1.82) is 0 Å². The number of hydrogen-bond donors (Lipinski definition) is 1. The average molecular weight is 178 g/mol. The summed E-state index contributed by atoms with van der Waals surface area (Å²) in [4.78, 5) is 0.717. The van der Waals surface area contributed by atoms with Gasteiger partial charge in [0.05, 0.1) is 21.7 Å². The molecule has 0 aliphatic carbocycles. The van der Waals surface area contributed by atoms with Crippen LogP contribution in [0.2, 0.25) is 5.02 Å². The van der Waals surface area contributed by atoms with Gasteiger partial charge in [0, 0.05) is 0 Å². The Kier molecular flexibility index (Phi) is 1.99. The first kappa shape index (κ1) is 7.98. The molecule has 0 bridgehead atoms. The third-order valence-corrected chi connectivity index (χ3v) is 2.59. The first-order valence-electron chi connectivity index (χ1n) is 2.85. The second kappa shape index (κ2) is 2.49. The normalized spacial score (nSPS) is 12.0. The summed E-state index contributed by atoms with van der Waals surface area (Å²) in [7, 11) is 0. The Morgan fingerprint density at radius 2 is 2.30 bits per heavy atom. The zero-order valence-electron chi connectivity index (χ0n) is 5.76. The van der Waals surface area contributed by atoms with E-state index in [0.717, 1.165) is 0 Å². The van der Waals surface area contributed by atoms with E-state index in [1.54, 1.807) is 20.0 Å². The molecule has 1 aromatic rings. The van der Waals surface area contributed by atoms with Gasteiger partial charge in [-0.3, -0.25) is 0 Å². The number of aliphatic hydroxyl groups is 1. The number of rotatable bonds is 1. The van der Waals surface area contributed by atoms with Gasteiger partial charge < -0.3 is 5.11 Å². The molecule has 0 spiro atoms. The molecule has 0 aliphatic rings. The van der Waals surface area contributed by atoms with Crippen LogP contribution >= 0.6 is 23.1 Å². The van der Waals surface area contributed by atoms with Crippen molar-refractivity contribution in [2.75, 3.05) is 0 Å². The van der Waals surface area contributed by atoms with Crippen LogP contribution in [0.4, 0.5) is 0 Å². The van der Waals surface area contributed by atoms with Crippen molar-refractivity contribution < 1.29 is 5.11 Å². The zero-order valence-corrected chi connectivity index (χ0v) is 7.33. The minimum atomic E-state index is -0.863. The number of hydrogen-bond acceptors (Lipinski definition) is 3. The summed E-state index contributed by atoms with van der Waals surface area (Å²) in [6.45, 7) is 3.37. The average Bonchev–Trinajstić information content (AvgIpc) is 2.11. The number of halogens is 1. The highest BCUT2D eigenvalue weighted by atomic mass is 35.5. The van der Waals surface area contributed by atoms with Crippen LogP contribution in [0.15, 0.2) is 6.20 Å². The standard InChI is InChI=1S/C6H8ClNOS/c1-6(2,9)5-4(7)3-8-10-5/h3,9H,1-2H3. The van der Waals surface area contributed by atoms with E-state index in [2.05, 4.69) is 4.37 Å². The van der Waals surface area contributed by atoms with Crippen LogP contribution in [-0.4, -0.2) is 9.48 Å². The van der Waals surface area contributed by atoms with E-state index in [0.29, 0.717) is 9.90 Å². The molecule has 1 rings (SSSR count). The van der Waals surface area contributed by atoms with Gasteiger partial charge in [0.2, 0.25) is 0 Å². The Bertz CT molecular complexity index is 228. The molecule has 1 heterocycles. The summed E-state index contributed by atoms with van der Waals surface area (Å²) >= 11 is 6.94. The SMILES string of the molecule is CC(C)(O)c1sncc1Cl. The van der Waals surface area contributed by atoms with Crippen LogP contribution in [-0.2, 0) is 5.60 Å². The van der Waals surface area contributed by atoms with Gasteiger partial charge in [0.25, 0.3) is 0 Å².